The Bertz CT molecular complexity index is 1070. The number of aromatic nitrogens is 3. The first-order chi connectivity index (χ1) is 13.0. The number of hydroxylamine groups is 2. The van der Waals surface area contributed by atoms with Crippen molar-refractivity contribution in [1.29, 1.82) is 0 Å². The van der Waals surface area contributed by atoms with Gasteiger partial charge >= 0.3 is 5.97 Å². The summed E-state index contributed by atoms with van der Waals surface area (Å²) in [5.41, 5.74) is 1.10. The maximum Gasteiger partial charge on any atom is 0.385 e. The summed E-state index contributed by atoms with van der Waals surface area (Å²) in [5, 5.41) is 8.57. The first-order valence-electron chi connectivity index (χ1n) is 7.86. The Labute approximate surface area is 157 Å². The summed E-state index contributed by atoms with van der Waals surface area (Å²) in [7, 11) is 0. The van der Waals surface area contributed by atoms with Gasteiger partial charge in [-0.2, -0.15) is 0 Å². The minimum atomic E-state index is -0.972. The van der Waals surface area contributed by atoms with Gasteiger partial charge in [-0.3, -0.25) is 9.59 Å². The molecule has 0 bridgehead atoms. The van der Waals surface area contributed by atoms with Crippen LogP contribution in [0.3, 0.4) is 0 Å². The van der Waals surface area contributed by atoms with Crippen LogP contribution >= 0.6 is 11.6 Å². The van der Waals surface area contributed by atoms with E-state index < -0.39 is 17.8 Å². The van der Waals surface area contributed by atoms with Crippen LogP contribution in [0.1, 0.15) is 36.9 Å². The van der Waals surface area contributed by atoms with Crippen molar-refractivity contribution in [3.63, 3.8) is 0 Å². The smallest absolute Gasteiger partial charge is 0.322 e. The number of hydrogen-bond donors (Lipinski definition) is 0. The Morgan fingerprint density at radius 1 is 1.00 bits per heavy atom. The SMILES string of the molecule is Cc1c(C(=O)ON2C(=O)c3ccccc3C2=O)nnn1-c1ccccc1Cl. The lowest BCUT2D eigenvalue weighted by atomic mass is 10.1. The highest BCUT2D eigenvalue weighted by Gasteiger charge is 2.39. The summed E-state index contributed by atoms with van der Waals surface area (Å²) in [4.78, 5) is 42.1. The van der Waals surface area contributed by atoms with Crippen LogP contribution in [0, 0.1) is 6.92 Å². The van der Waals surface area contributed by atoms with Gasteiger partial charge in [0.15, 0.2) is 5.69 Å². The zero-order valence-corrected chi connectivity index (χ0v) is 14.7. The van der Waals surface area contributed by atoms with Gasteiger partial charge in [0.1, 0.15) is 0 Å². The van der Waals surface area contributed by atoms with E-state index in [2.05, 4.69) is 10.3 Å². The number of hydrogen-bond acceptors (Lipinski definition) is 6. The molecule has 9 heteroatoms. The molecule has 0 saturated heterocycles. The number of carbonyl (C=O) groups excluding carboxylic acids is 3. The van der Waals surface area contributed by atoms with Crippen molar-refractivity contribution in [3.05, 3.63) is 76.1 Å². The van der Waals surface area contributed by atoms with Crippen molar-refractivity contribution in [3.8, 4) is 5.69 Å². The average Bonchev–Trinajstić information content (AvgIpc) is 3.16. The Balaban J connectivity index is 1.61. The summed E-state index contributed by atoms with van der Waals surface area (Å²) in [5.74, 6) is -2.39. The van der Waals surface area contributed by atoms with E-state index in [1.54, 1.807) is 43.3 Å². The number of fused-ring (bicyclic) bond motifs is 1. The lowest BCUT2D eigenvalue weighted by molar-refractivity contribution is -0.0589. The zero-order chi connectivity index (χ0) is 19.1. The van der Waals surface area contributed by atoms with E-state index in [1.165, 1.54) is 16.8 Å². The average molecular weight is 383 g/mol. The molecule has 2 heterocycles. The van der Waals surface area contributed by atoms with Crippen molar-refractivity contribution < 1.29 is 19.2 Å². The van der Waals surface area contributed by atoms with E-state index in [4.69, 9.17) is 16.4 Å². The molecule has 0 spiro atoms. The molecular formula is C18H11ClN4O4. The van der Waals surface area contributed by atoms with Crippen molar-refractivity contribution in [2.24, 2.45) is 0 Å². The van der Waals surface area contributed by atoms with Crippen LogP contribution in [0.25, 0.3) is 5.69 Å². The Morgan fingerprint density at radius 3 is 2.22 bits per heavy atom. The van der Waals surface area contributed by atoms with Gasteiger partial charge in [-0.25, -0.2) is 9.48 Å². The first kappa shape index (κ1) is 16.9. The fourth-order valence-corrected chi connectivity index (χ4v) is 2.96. The molecule has 1 aromatic heterocycles. The van der Waals surface area contributed by atoms with Crippen LogP contribution in [0.5, 0.6) is 0 Å². The Hall–Kier alpha value is -3.52. The number of amides is 2. The third-order valence-corrected chi connectivity index (χ3v) is 4.42. The van der Waals surface area contributed by atoms with E-state index in [-0.39, 0.29) is 16.8 Å². The third-order valence-electron chi connectivity index (χ3n) is 4.10. The predicted molar refractivity (Wildman–Crippen MR) is 93.5 cm³/mol. The number of rotatable bonds is 3. The predicted octanol–water partition coefficient (Wildman–Crippen LogP) is 2.60. The second-order valence-corrected chi connectivity index (χ2v) is 6.12. The molecule has 4 rings (SSSR count). The summed E-state index contributed by atoms with van der Waals surface area (Å²) in [6.07, 6.45) is 0. The van der Waals surface area contributed by atoms with Crippen molar-refractivity contribution >= 4 is 29.4 Å². The van der Waals surface area contributed by atoms with Gasteiger partial charge in [-0.15, -0.1) is 5.10 Å². The highest BCUT2D eigenvalue weighted by molar-refractivity contribution is 6.32. The zero-order valence-electron chi connectivity index (χ0n) is 13.9. The molecule has 134 valence electrons. The van der Waals surface area contributed by atoms with E-state index in [1.807, 2.05) is 0 Å². The molecule has 1 aliphatic rings. The lowest BCUT2D eigenvalue weighted by Gasteiger charge is -2.12. The molecule has 0 fully saturated rings. The Morgan fingerprint density at radius 2 is 1.59 bits per heavy atom. The molecule has 0 atom stereocenters. The largest absolute Gasteiger partial charge is 0.385 e. The molecule has 0 aliphatic carbocycles. The highest BCUT2D eigenvalue weighted by atomic mass is 35.5. The van der Waals surface area contributed by atoms with Crippen molar-refractivity contribution in [1.82, 2.24) is 20.1 Å². The van der Waals surface area contributed by atoms with E-state index in [9.17, 15) is 14.4 Å². The fraction of sp³-hybridized carbons (Fsp3) is 0.0556. The van der Waals surface area contributed by atoms with E-state index >= 15 is 0 Å². The minimum absolute atomic E-state index is 0.133. The molecular weight excluding hydrogens is 372 g/mol. The van der Waals surface area contributed by atoms with Crippen LogP contribution < -0.4 is 0 Å². The Kier molecular flexibility index (Phi) is 3.97. The molecule has 0 radical (unpaired) electrons. The second-order valence-electron chi connectivity index (χ2n) is 5.72. The molecule has 0 saturated carbocycles. The summed E-state index contributed by atoms with van der Waals surface area (Å²) < 4.78 is 1.38. The maximum atomic E-state index is 12.5. The van der Waals surface area contributed by atoms with Gasteiger partial charge in [-0.05, 0) is 31.2 Å². The maximum absolute atomic E-state index is 12.5. The summed E-state index contributed by atoms with van der Waals surface area (Å²) in [6.45, 7) is 1.60. The first-order valence-corrected chi connectivity index (χ1v) is 8.24. The molecule has 0 N–H and O–H groups in total. The van der Waals surface area contributed by atoms with Gasteiger partial charge < -0.3 is 4.84 Å². The van der Waals surface area contributed by atoms with Crippen molar-refractivity contribution in [2.75, 3.05) is 0 Å². The molecule has 2 aromatic carbocycles. The van der Waals surface area contributed by atoms with Gasteiger partial charge in [-0.1, -0.05) is 46.1 Å². The third kappa shape index (κ3) is 2.67. The highest BCUT2D eigenvalue weighted by Crippen LogP contribution is 2.24. The number of imide groups is 1. The minimum Gasteiger partial charge on any atom is -0.322 e. The van der Waals surface area contributed by atoms with Crippen LogP contribution in [0.2, 0.25) is 5.02 Å². The standard InChI is InChI=1S/C18H11ClN4O4/c1-10-15(20-21-22(10)14-9-5-4-8-13(14)19)18(26)27-23-16(24)11-6-2-3-7-12(11)17(23)25/h2-9H,1H3. The van der Waals surface area contributed by atoms with Crippen molar-refractivity contribution in [2.45, 2.75) is 6.92 Å². The molecule has 2 amide bonds. The number of nitrogens with zero attached hydrogens (tertiary/aromatic N) is 4. The fourth-order valence-electron chi connectivity index (χ4n) is 2.75. The monoisotopic (exact) mass is 382 g/mol. The molecule has 1 aliphatic heterocycles. The topological polar surface area (TPSA) is 94.4 Å². The number of para-hydroxylation sites is 1. The molecule has 3 aromatic rings. The second kappa shape index (κ2) is 6.33. The van der Waals surface area contributed by atoms with E-state index in [0.29, 0.717) is 21.5 Å². The van der Waals surface area contributed by atoms with E-state index in [0.717, 1.165) is 0 Å². The quantitative estimate of drug-likeness (QED) is 0.646. The summed E-state index contributed by atoms with van der Waals surface area (Å²) in [6, 6.07) is 13.1. The van der Waals surface area contributed by atoms with Gasteiger partial charge in [0.05, 0.1) is 27.5 Å². The van der Waals surface area contributed by atoms with Gasteiger partial charge in [0.2, 0.25) is 0 Å². The van der Waals surface area contributed by atoms with Crippen LogP contribution in [0.4, 0.5) is 0 Å². The normalized spacial score (nSPS) is 13.0. The van der Waals surface area contributed by atoms with Crippen LogP contribution in [0.15, 0.2) is 48.5 Å². The number of benzene rings is 2. The molecule has 8 nitrogen and oxygen atoms in total. The summed E-state index contributed by atoms with van der Waals surface area (Å²) >= 11 is 6.14. The van der Waals surface area contributed by atoms with Crippen LogP contribution in [-0.4, -0.2) is 37.8 Å². The number of halogens is 1. The van der Waals surface area contributed by atoms with Gasteiger partial charge in [0.25, 0.3) is 11.8 Å². The van der Waals surface area contributed by atoms with Gasteiger partial charge in [0, 0.05) is 0 Å². The molecule has 0 unspecified atom stereocenters. The molecule has 27 heavy (non-hydrogen) atoms. The lowest BCUT2D eigenvalue weighted by Crippen LogP contribution is -2.33. The van der Waals surface area contributed by atoms with Crippen LogP contribution in [-0.2, 0) is 4.84 Å². The number of carbonyl (C=O) groups is 3.